The highest BCUT2D eigenvalue weighted by Gasteiger charge is 2.20. The highest BCUT2D eigenvalue weighted by Crippen LogP contribution is 2.07. The van der Waals surface area contributed by atoms with E-state index in [4.69, 9.17) is 17.2 Å². The van der Waals surface area contributed by atoms with E-state index in [0.717, 1.165) is 38.5 Å². The number of amides is 3. The molecule has 0 aliphatic heterocycles. The summed E-state index contributed by atoms with van der Waals surface area (Å²) in [6, 6.07) is 8.12. The minimum atomic E-state index is -0.657. The summed E-state index contributed by atoms with van der Waals surface area (Å²) < 4.78 is 0. The van der Waals surface area contributed by atoms with Crippen molar-refractivity contribution in [3.05, 3.63) is 35.9 Å². The van der Waals surface area contributed by atoms with E-state index in [9.17, 15) is 14.4 Å². The summed E-state index contributed by atoms with van der Waals surface area (Å²) in [5.41, 5.74) is 16.3. The summed E-state index contributed by atoms with van der Waals surface area (Å²) >= 11 is 0. The Hall–Kier alpha value is -3.10. The fourth-order valence-corrected chi connectivity index (χ4v) is 3.07. The first-order valence-electron chi connectivity index (χ1n) is 10.9. The second kappa shape index (κ2) is 15.7. The lowest BCUT2D eigenvalue weighted by Gasteiger charge is -2.18. The molecule has 9 heteroatoms. The summed E-state index contributed by atoms with van der Waals surface area (Å²) in [6.45, 7) is 0.939. The average molecular weight is 433 g/mol. The Labute approximate surface area is 184 Å². The molecule has 0 unspecified atom stereocenters. The van der Waals surface area contributed by atoms with Gasteiger partial charge < -0.3 is 27.8 Å². The molecule has 0 fully saturated rings. The molecule has 0 aliphatic carbocycles. The van der Waals surface area contributed by atoms with Gasteiger partial charge in [-0.3, -0.25) is 19.4 Å². The van der Waals surface area contributed by atoms with Gasteiger partial charge >= 0.3 is 0 Å². The zero-order valence-electron chi connectivity index (χ0n) is 18.1. The Morgan fingerprint density at radius 2 is 1.52 bits per heavy atom. The molecule has 8 N–H and O–H groups in total. The molecule has 0 saturated heterocycles. The van der Waals surface area contributed by atoms with Gasteiger partial charge in [-0.1, -0.05) is 43.9 Å². The largest absolute Gasteiger partial charge is 0.370 e. The van der Waals surface area contributed by atoms with Crippen molar-refractivity contribution in [2.75, 3.05) is 13.1 Å². The molecule has 0 spiro atoms. The lowest BCUT2D eigenvalue weighted by atomic mass is 10.1. The Morgan fingerprint density at radius 1 is 0.871 bits per heavy atom. The number of carbonyl (C=O) groups is 3. The lowest BCUT2D eigenvalue weighted by Crippen LogP contribution is -2.47. The minimum absolute atomic E-state index is 0.00366. The van der Waals surface area contributed by atoms with E-state index in [0.29, 0.717) is 37.9 Å². The van der Waals surface area contributed by atoms with E-state index in [1.807, 2.05) is 6.07 Å². The molecule has 0 heterocycles. The molecular weight excluding hydrogens is 396 g/mol. The Balaban J connectivity index is 2.39. The molecule has 1 aromatic carbocycles. The number of guanidine groups is 1. The molecule has 1 atom stereocenters. The normalized spacial score (nSPS) is 11.4. The van der Waals surface area contributed by atoms with Crippen LogP contribution in [-0.2, 0) is 9.59 Å². The molecule has 0 aliphatic rings. The highest BCUT2D eigenvalue weighted by atomic mass is 16.2. The van der Waals surface area contributed by atoms with Gasteiger partial charge in [-0.2, -0.15) is 0 Å². The topological polar surface area (TPSA) is 166 Å². The zero-order valence-corrected chi connectivity index (χ0v) is 18.1. The van der Waals surface area contributed by atoms with E-state index in [-0.39, 0.29) is 23.7 Å². The number of primary amides is 1. The van der Waals surface area contributed by atoms with Gasteiger partial charge in [0.05, 0.1) is 0 Å². The number of nitrogens with one attached hydrogen (secondary N) is 2. The lowest BCUT2D eigenvalue weighted by molar-refractivity contribution is -0.123. The Kier molecular flexibility index (Phi) is 13.1. The second-order valence-electron chi connectivity index (χ2n) is 7.47. The van der Waals surface area contributed by atoms with Crippen molar-refractivity contribution >= 4 is 23.7 Å². The van der Waals surface area contributed by atoms with Gasteiger partial charge in [0.15, 0.2) is 5.96 Å². The van der Waals surface area contributed by atoms with Crippen molar-refractivity contribution in [3.8, 4) is 0 Å². The SMILES string of the molecule is NC(=O)CCCCCCCCNC(=O)[C@H](CCCN=C(N)N)NC(=O)c1ccccc1. The number of nitrogens with two attached hydrogens (primary N) is 3. The van der Waals surface area contributed by atoms with Gasteiger partial charge in [0.2, 0.25) is 11.8 Å². The number of aliphatic imine (C=N–C) groups is 1. The molecule has 0 radical (unpaired) electrons. The zero-order chi connectivity index (χ0) is 22.9. The molecule has 31 heavy (non-hydrogen) atoms. The first-order valence-corrected chi connectivity index (χ1v) is 10.9. The molecule has 3 amide bonds. The fraction of sp³-hybridized carbons (Fsp3) is 0.545. The predicted molar refractivity (Wildman–Crippen MR) is 122 cm³/mol. The maximum absolute atomic E-state index is 12.6. The summed E-state index contributed by atoms with van der Waals surface area (Å²) in [5, 5.41) is 5.71. The highest BCUT2D eigenvalue weighted by molar-refractivity contribution is 5.97. The fourth-order valence-electron chi connectivity index (χ4n) is 3.07. The number of carbonyl (C=O) groups excluding carboxylic acids is 3. The van der Waals surface area contributed by atoms with E-state index in [1.165, 1.54) is 0 Å². The molecule has 0 aromatic heterocycles. The number of unbranched alkanes of at least 4 members (excludes halogenated alkanes) is 5. The van der Waals surface area contributed by atoms with Crippen LogP contribution in [0.5, 0.6) is 0 Å². The Bertz CT molecular complexity index is 704. The minimum Gasteiger partial charge on any atom is -0.370 e. The predicted octanol–water partition coefficient (Wildman–Crippen LogP) is 1.17. The monoisotopic (exact) mass is 432 g/mol. The van der Waals surface area contributed by atoms with E-state index < -0.39 is 6.04 Å². The van der Waals surface area contributed by atoms with Crippen LogP contribution in [0.15, 0.2) is 35.3 Å². The van der Waals surface area contributed by atoms with Crippen molar-refractivity contribution < 1.29 is 14.4 Å². The van der Waals surface area contributed by atoms with Crippen LogP contribution in [0, 0.1) is 0 Å². The molecule has 0 saturated carbocycles. The van der Waals surface area contributed by atoms with Gasteiger partial charge in [0.25, 0.3) is 5.91 Å². The molecule has 0 bridgehead atoms. The molecular formula is C22H36N6O3. The average Bonchev–Trinajstić information content (AvgIpc) is 2.74. The number of nitrogens with zero attached hydrogens (tertiary/aromatic N) is 1. The number of hydrogen-bond donors (Lipinski definition) is 5. The number of hydrogen-bond acceptors (Lipinski definition) is 4. The number of benzene rings is 1. The van der Waals surface area contributed by atoms with Crippen molar-refractivity contribution in [1.29, 1.82) is 0 Å². The summed E-state index contributed by atoms with van der Waals surface area (Å²) in [7, 11) is 0. The standard InChI is InChI=1S/C22H36N6O3/c23-19(29)14-8-3-1-2-4-9-15-26-21(31)18(13-10-16-27-22(24)25)28-20(30)17-11-6-5-7-12-17/h5-7,11-12,18H,1-4,8-10,13-16H2,(H2,23,29)(H,26,31)(H,28,30)(H4,24,25,27)/t18-/m0/s1. The molecule has 1 rings (SSSR count). The summed E-state index contributed by atoms with van der Waals surface area (Å²) in [5.74, 6) is -0.757. The van der Waals surface area contributed by atoms with Gasteiger partial charge in [-0.25, -0.2) is 0 Å². The van der Waals surface area contributed by atoms with Crippen molar-refractivity contribution in [2.24, 2.45) is 22.2 Å². The van der Waals surface area contributed by atoms with Crippen LogP contribution in [0.3, 0.4) is 0 Å². The van der Waals surface area contributed by atoms with Gasteiger partial charge in [-0.05, 0) is 37.8 Å². The quantitative estimate of drug-likeness (QED) is 0.150. The first kappa shape index (κ1) is 25.9. The van der Waals surface area contributed by atoms with Crippen LogP contribution in [0.4, 0.5) is 0 Å². The van der Waals surface area contributed by atoms with Crippen LogP contribution in [0.2, 0.25) is 0 Å². The van der Waals surface area contributed by atoms with Gasteiger partial charge in [0.1, 0.15) is 6.04 Å². The smallest absolute Gasteiger partial charge is 0.251 e. The summed E-state index contributed by atoms with van der Waals surface area (Å²) in [4.78, 5) is 39.7. The van der Waals surface area contributed by atoms with Crippen LogP contribution in [0.1, 0.15) is 68.1 Å². The third kappa shape index (κ3) is 12.9. The Morgan fingerprint density at radius 3 is 2.16 bits per heavy atom. The maximum Gasteiger partial charge on any atom is 0.251 e. The van der Waals surface area contributed by atoms with Crippen molar-refractivity contribution in [3.63, 3.8) is 0 Å². The van der Waals surface area contributed by atoms with Crippen LogP contribution in [0.25, 0.3) is 0 Å². The second-order valence-corrected chi connectivity index (χ2v) is 7.47. The van der Waals surface area contributed by atoms with Gasteiger partial charge in [-0.15, -0.1) is 0 Å². The first-order chi connectivity index (χ1) is 14.9. The van der Waals surface area contributed by atoms with E-state index in [2.05, 4.69) is 15.6 Å². The van der Waals surface area contributed by atoms with E-state index in [1.54, 1.807) is 24.3 Å². The molecule has 9 nitrogen and oxygen atoms in total. The maximum atomic E-state index is 12.6. The van der Waals surface area contributed by atoms with Gasteiger partial charge in [0, 0.05) is 25.1 Å². The number of rotatable bonds is 16. The van der Waals surface area contributed by atoms with Crippen LogP contribution >= 0.6 is 0 Å². The van der Waals surface area contributed by atoms with Crippen LogP contribution < -0.4 is 27.8 Å². The van der Waals surface area contributed by atoms with Crippen molar-refractivity contribution in [1.82, 2.24) is 10.6 Å². The third-order valence-corrected chi connectivity index (χ3v) is 4.75. The van der Waals surface area contributed by atoms with Crippen LogP contribution in [-0.4, -0.2) is 42.8 Å². The molecule has 1 aromatic rings. The summed E-state index contributed by atoms with van der Waals surface area (Å²) in [6.07, 6.45) is 7.18. The van der Waals surface area contributed by atoms with E-state index >= 15 is 0 Å². The third-order valence-electron chi connectivity index (χ3n) is 4.75. The van der Waals surface area contributed by atoms with Crippen molar-refractivity contribution in [2.45, 2.75) is 63.8 Å². The molecule has 172 valence electrons.